The number of nitrogens with zero attached hydrogens (tertiary/aromatic N) is 2. The van der Waals surface area contributed by atoms with Gasteiger partial charge in [-0.1, -0.05) is 29.4 Å². The number of hydrogen-bond donors (Lipinski definition) is 1. The summed E-state index contributed by atoms with van der Waals surface area (Å²) >= 11 is 0. The van der Waals surface area contributed by atoms with Crippen molar-refractivity contribution < 1.29 is 14.4 Å². The summed E-state index contributed by atoms with van der Waals surface area (Å²) in [6.07, 6.45) is 0. The number of carbonyl (C=O) groups is 1. The Hall–Kier alpha value is -2.95. The lowest BCUT2D eigenvalue weighted by molar-refractivity contribution is 0.0697. The maximum Gasteiger partial charge on any atom is 0.335 e. The predicted molar refractivity (Wildman–Crippen MR) is 81.6 cm³/mol. The topological polar surface area (TPSA) is 76.2 Å². The fourth-order valence-electron chi connectivity index (χ4n) is 2.34. The third-order valence-corrected chi connectivity index (χ3v) is 3.46. The number of carboxylic acids is 1. The molecule has 3 rings (SSSR count). The molecule has 0 radical (unpaired) electrons. The molecule has 0 atom stereocenters. The number of benzene rings is 2. The average Bonchev–Trinajstić information content (AvgIpc) is 2.94. The third kappa shape index (κ3) is 2.61. The zero-order valence-electron chi connectivity index (χ0n) is 12.2. The molecule has 110 valence electrons. The number of hydrogen-bond acceptors (Lipinski definition) is 4. The number of carboxylic acid groups (broad SMARTS) is 1. The van der Waals surface area contributed by atoms with Crippen molar-refractivity contribution in [3.05, 3.63) is 59.5 Å². The normalized spacial score (nSPS) is 10.6. The fourth-order valence-corrected chi connectivity index (χ4v) is 2.34. The summed E-state index contributed by atoms with van der Waals surface area (Å²) in [5.41, 5.74) is 4.24. The highest BCUT2D eigenvalue weighted by molar-refractivity contribution is 5.88. The van der Waals surface area contributed by atoms with Crippen molar-refractivity contribution in [2.45, 2.75) is 13.8 Å². The van der Waals surface area contributed by atoms with E-state index in [0.717, 1.165) is 22.3 Å². The first-order chi connectivity index (χ1) is 10.5. The van der Waals surface area contributed by atoms with Gasteiger partial charge in [0.2, 0.25) is 11.7 Å². The highest BCUT2D eigenvalue weighted by atomic mass is 16.5. The Kier molecular flexibility index (Phi) is 3.47. The maximum atomic E-state index is 10.9. The number of aromatic carboxylic acids is 1. The molecule has 0 fully saturated rings. The van der Waals surface area contributed by atoms with E-state index in [9.17, 15) is 4.79 Å². The molecular formula is C17H14N2O3. The zero-order chi connectivity index (χ0) is 15.7. The van der Waals surface area contributed by atoms with Crippen molar-refractivity contribution >= 4 is 5.97 Å². The molecule has 0 spiro atoms. The van der Waals surface area contributed by atoms with Crippen molar-refractivity contribution in [2.75, 3.05) is 0 Å². The molecule has 1 N–H and O–H groups in total. The summed E-state index contributed by atoms with van der Waals surface area (Å²) in [7, 11) is 0. The molecule has 0 bridgehead atoms. The molecule has 1 heterocycles. The summed E-state index contributed by atoms with van der Waals surface area (Å²) < 4.78 is 4.99. The first-order valence-corrected chi connectivity index (χ1v) is 6.79. The van der Waals surface area contributed by atoms with Gasteiger partial charge in [-0.15, -0.1) is 0 Å². The van der Waals surface area contributed by atoms with Crippen LogP contribution in [0.1, 0.15) is 21.8 Å². The first kappa shape index (κ1) is 14.0. The average molecular weight is 294 g/mol. The van der Waals surface area contributed by atoms with E-state index in [4.69, 9.17) is 9.63 Å². The van der Waals surface area contributed by atoms with Crippen LogP contribution in [0.5, 0.6) is 0 Å². The second-order valence-corrected chi connectivity index (χ2v) is 5.05. The Morgan fingerprint density at radius 3 is 2.27 bits per heavy atom. The monoisotopic (exact) mass is 294 g/mol. The fraction of sp³-hybridized carbons (Fsp3) is 0.118. The van der Waals surface area contributed by atoms with Crippen LogP contribution < -0.4 is 0 Å². The maximum absolute atomic E-state index is 10.9. The van der Waals surface area contributed by atoms with E-state index in [1.807, 2.05) is 37.3 Å². The van der Waals surface area contributed by atoms with Crippen LogP contribution in [0.3, 0.4) is 0 Å². The third-order valence-electron chi connectivity index (χ3n) is 3.46. The highest BCUT2D eigenvalue weighted by Gasteiger charge is 2.09. The number of rotatable bonds is 3. The molecule has 0 aliphatic rings. The number of aryl methyl sites for hydroxylation is 2. The molecule has 0 aliphatic carbocycles. The molecule has 22 heavy (non-hydrogen) atoms. The van der Waals surface area contributed by atoms with Crippen LogP contribution in [0, 0.1) is 13.8 Å². The lowest BCUT2D eigenvalue weighted by Crippen LogP contribution is -1.95. The van der Waals surface area contributed by atoms with E-state index < -0.39 is 5.97 Å². The van der Waals surface area contributed by atoms with Gasteiger partial charge in [0.25, 0.3) is 0 Å². The second-order valence-electron chi connectivity index (χ2n) is 5.05. The molecular weight excluding hydrogens is 280 g/mol. The van der Waals surface area contributed by atoms with Crippen molar-refractivity contribution in [2.24, 2.45) is 0 Å². The lowest BCUT2D eigenvalue weighted by atomic mass is 9.97. The molecule has 0 aliphatic heterocycles. The largest absolute Gasteiger partial charge is 0.478 e. The zero-order valence-corrected chi connectivity index (χ0v) is 12.2. The molecule has 3 aromatic rings. The quantitative estimate of drug-likeness (QED) is 0.796. The predicted octanol–water partition coefficient (Wildman–Crippen LogP) is 3.72. The minimum Gasteiger partial charge on any atom is -0.478 e. The molecule has 5 nitrogen and oxygen atoms in total. The van der Waals surface area contributed by atoms with Gasteiger partial charge in [-0.05, 0) is 41.8 Å². The molecule has 2 aromatic carbocycles. The SMILES string of the molecule is Cc1nc(-c2ccc(-c3ccc(C(=O)O)cc3)c(C)c2)no1. The van der Waals surface area contributed by atoms with E-state index in [2.05, 4.69) is 10.1 Å². The number of aromatic nitrogens is 2. The van der Waals surface area contributed by atoms with Gasteiger partial charge >= 0.3 is 5.97 Å². The second kappa shape index (κ2) is 5.44. The smallest absolute Gasteiger partial charge is 0.335 e. The summed E-state index contributed by atoms with van der Waals surface area (Å²) in [5.74, 6) is 0.167. The van der Waals surface area contributed by atoms with Gasteiger partial charge in [0, 0.05) is 12.5 Å². The van der Waals surface area contributed by atoms with Gasteiger partial charge in [-0.25, -0.2) is 4.79 Å². The summed E-state index contributed by atoms with van der Waals surface area (Å²) in [4.78, 5) is 15.1. The van der Waals surface area contributed by atoms with Crippen molar-refractivity contribution in [1.82, 2.24) is 10.1 Å². The Labute approximate surface area is 127 Å². The summed E-state index contributed by atoms with van der Waals surface area (Å²) in [6.45, 7) is 3.75. The standard InChI is InChI=1S/C17H14N2O3/c1-10-9-14(16-18-11(2)22-19-16)7-8-15(10)12-3-5-13(6-4-12)17(20)21/h3-9H,1-2H3,(H,20,21). The molecule has 1 aromatic heterocycles. The minimum atomic E-state index is -0.925. The summed E-state index contributed by atoms with van der Waals surface area (Å²) in [6, 6.07) is 12.7. The van der Waals surface area contributed by atoms with Gasteiger partial charge in [0.1, 0.15) is 0 Å². The van der Waals surface area contributed by atoms with Crippen molar-refractivity contribution in [3.63, 3.8) is 0 Å². The van der Waals surface area contributed by atoms with Crippen molar-refractivity contribution in [1.29, 1.82) is 0 Å². The lowest BCUT2D eigenvalue weighted by Gasteiger charge is -2.08. The molecule has 0 saturated heterocycles. The molecule has 5 heteroatoms. The molecule has 0 amide bonds. The van der Waals surface area contributed by atoms with Crippen LogP contribution in [-0.4, -0.2) is 21.2 Å². The van der Waals surface area contributed by atoms with E-state index >= 15 is 0 Å². The first-order valence-electron chi connectivity index (χ1n) is 6.79. The van der Waals surface area contributed by atoms with E-state index in [1.54, 1.807) is 19.1 Å². The van der Waals surface area contributed by atoms with Gasteiger partial charge in [-0.2, -0.15) is 4.98 Å². The van der Waals surface area contributed by atoms with E-state index in [-0.39, 0.29) is 5.56 Å². The van der Waals surface area contributed by atoms with Gasteiger partial charge < -0.3 is 9.63 Å². The Morgan fingerprint density at radius 2 is 1.73 bits per heavy atom. The van der Waals surface area contributed by atoms with Crippen LogP contribution >= 0.6 is 0 Å². The van der Waals surface area contributed by atoms with Gasteiger partial charge in [0.05, 0.1) is 5.56 Å². The Morgan fingerprint density at radius 1 is 1.05 bits per heavy atom. The Balaban J connectivity index is 1.96. The van der Waals surface area contributed by atoms with Gasteiger partial charge in [0.15, 0.2) is 0 Å². The van der Waals surface area contributed by atoms with Crippen LogP contribution in [0.2, 0.25) is 0 Å². The summed E-state index contributed by atoms with van der Waals surface area (Å²) in [5, 5.41) is 12.9. The van der Waals surface area contributed by atoms with Crippen LogP contribution in [0.25, 0.3) is 22.5 Å². The highest BCUT2D eigenvalue weighted by Crippen LogP contribution is 2.27. The van der Waals surface area contributed by atoms with E-state index in [0.29, 0.717) is 11.7 Å². The molecule has 0 saturated carbocycles. The Bertz CT molecular complexity index is 835. The van der Waals surface area contributed by atoms with Crippen LogP contribution in [-0.2, 0) is 0 Å². The molecule has 0 unspecified atom stereocenters. The van der Waals surface area contributed by atoms with E-state index in [1.165, 1.54) is 0 Å². The van der Waals surface area contributed by atoms with Crippen LogP contribution in [0.4, 0.5) is 0 Å². The van der Waals surface area contributed by atoms with Crippen LogP contribution in [0.15, 0.2) is 47.0 Å². The minimum absolute atomic E-state index is 0.278. The van der Waals surface area contributed by atoms with Gasteiger partial charge in [-0.3, -0.25) is 0 Å². The van der Waals surface area contributed by atoms with Crippen molar-refractivity contribution in [3.8, 4) is 22.5 Å².